The molecule has 1 aromatic heterocycles. The van der Waals surface area contributed by atoms with Crippen LogP contribution in [-0.2, 0) is 0 Å². The summed E-state index contributed by atoms with van der Waals surface area (Å²) >= 11 is 0. The Labute approximate surface area is 99.8 Å². The number of rotatable bonds is 6. The summed E-state index contributed by atoms with van der Waals surface area (Å²) in [5, 5.41) is 23.7. The van der Waals surface area contributed by atoms with Crippen LogP contribution >= 0.6 is 0 Å². The van der Waals surface area contributed by atoms with Crippen LogP contribution in [0.15, 0.2) is 18.3 Å². The molecule has 0 unspecified atom stereocenters. The Morgan fingerprint density at radius 2 is 2.18 bits per heavy atom. The fourth-order valence-corrected chi connectivity index (χ4v) is 1.44. The van der Waals surface area contributed by atoms with Crippen molar-refractivity contribution in [3.8, 4) is 0 Å². The second-order valence-electron chi connectivity index (χ2n) is 3.92. The van der Waals surface area contributed by atoms with Crippen LogP contribution in [0.3, 0.4) is 0 Å². The zero-order valence-electron chi connectivity index (χ0n) is 10.0. The lowest BCUT2D eigenvalue weighted by Crippen LogP contribution is -2.35. The monoisotopic (exact) mass is 239 g/mol. The highest BCUT2D eigenvalue weighted by atomic mass is 16.6. The highest BCUT2D eigenvalue weighted by Gasteiger charge is 2.23. The van der Waals surface area contributed by atoms with E-state index in [0.29, 0.717) is 18.5 Å². The number of aliphatic hydroxyl groups is 1. The summed E-state index contributed by atoms with van der Waals surface area (Å²) in [6.45, 7) is 4.03. The molecule has 17 heavy (non-hydrogen) atoms. The first-order valence-electron chi connectivity index (χ1n) is 5.58. The topological polar surface area (TPSA) is 88.3 Å². The molecule has 0 saturated carbocycles. The van der Waals surface area contributed by atoms with E-state index in [4.69, 9.17) is 0 Å². The van der Waals surface area contributed by atoms with Crippen molar-refractivity contribution < 1.29 is 10.0 Å². The van der Waals surface area contributed by atoms with E-state index >= 15 is 0 Å². The van der Waals surface area contributed by atoms with Crippen LogP contribution in [0.2, 0.25) is 0 Å². The zero-order valence-corrected chi connectivity index (χ0v) is 10.0. The molecule has 0 bridgehead atoms. The van der Waals surface area contributed by atoms with Crippen molar-refractivity contribution in [1.29, 1.82) is 0 Å². The molecule has 6 heteroatoms. The van der Waals surface area contributed by atoms with Crippen molar-refractivity contribution in [1.82, 2.24) is 4.98 Å². The maximum atomic E-state index is 10.7. The molecule has 1 heterocycles. The SMILES string of the molecule is CCC(O)(CC)CNc1cccnc1[N+](=O)[O-]. The minimum Gasteiger partial charge on any atom is -0.388 e. The van der Waals surface area contributed by atoms with Gasteiger partial charge >= 0.3 is 5.82 Å². The number of hydrogen-bond donors (Lipinski definition) is 2. The predicted octanol–water partition coefficient (Wildman–Crippen LogP) is 1.95. The van der Waals surface area contributed by atoms with E-state index in [-0.39, 0.29) is 12.4 Å². The van der Waals surface area contributed by atoms with E-state index in [1.54, 1.807) is 12.1 Å². The number of nitrogens with zero attached hydrogens (tertiary/aromatic N) is 2. The van der Waals surface area contributed by atoms with E-state index in [1.165, 1.54) is 6.20 Å². The van der Waals surface area contributed by atoms with Crippen LogP contribution in [0.25, 0.3) is 0 Å². The van der Waals surface area contributed by atoms with Crippen LogP contribution in [-0.4, -0.2) is 27.2 Å². The zero-order chi connectivity index (χ0) is 12.9. The highest BCUT2D eigenvalue weighted by Crippen LogP contribution is 2.22. The molecule has 0 aliphatic heterocycles. The normalized spacial score (nSPS) is 11.2. The van der Waals surface area contributed by atoms with Gasteiger partial charge in [-0.1, -0.05) is 13.8 Å². The molecule has 0 aliphatic rings. The van der Waals surface area contributed by atoms with E-state index in [0.717, 1.165) is 0 Å². The van der Waals surface area contributed by atoms with Crippen LogP contribution in [0.1, 0.15) is 26.7 Å². The number of anilines is 1. The lowest BCUT2D eigenvalue weighted by atomic mass is 9.97. The maximum absolute atomic E-state index is 10.7. The number of aromatic nitrogens is 1. The van der Waals surface area contributed by atoms with Gasteiger partial charge in [0.25, 0.3) is 0 Å². The van der Waals surface area contributed by atoms with Gasteiger partial charge in [-0.2, -0.15) is 0 Å². The van der Waals surface area contributed by atoms with Crippen LogP contribution in [0.4, 0.5) is 11.5 Å². The number of nitro groups is 1. The molecule has 6 nitrogen and oxygen atoms in total. The Bertz CT molecular complexity index is 391. The van der Waals surface area contributed by atoms with Crippen molar-refractivity contribution in [3.63, 3.8) is 0 Å². The van der Waals surface area contributed by atoms with Gasteiger partial charge in [0.1, 0.15) is 11.9 Å². The first-order chi connectivity index (χ1) is 8.02. The van der Waals surface area contributed by atoms with Gasteiger partial charge in [0, 0.05) is 6.54 Å². The fourth-order valence-electron chi connectivity index (χ4n) is 1.44. The number of nitrogens with one attached hydrogen (secondary N) is 1. The number of pyridine rings is 1. The molecule has 0 spiro atoms. The van der Waals surface area contributed by atoms with Crippen molar-refractivity contribution in [3.05, 3.63) is 28.4 Å². The van der Waals surface area contributed by atoms with Gasteiger partial charge < -0.3 is 20.5 Å². The van der Waals surface area contributed by atoms with E-state index in [2.05, 4.69) is 10.3 Å². The molecule has 0 atom stereocenters. The summed E-state index contributed by atoms with van der Waals surface area (Å²) in [5.74, 6) is -0.220. The molecule has 2 N–H and O–H groups in total. The standard InChI is InChI=1S/C11H17N3O3/c1-3-11(15,4-2)8-13-9-6-5-7-12-10(9)14(16)17/h5-7,13,15H,3-4,8H2,1-2H3. The molecular weight excluding hydrogens is 222 g/mol. The average molecular weight is 239 g/mol. The summed E-state index contributed by atoms with van der Waals surface area (Å²) in [6.07, 6.45) is 2.55. The highest BCUT2D eigenvalue weighted by molar-refractivity contribution is 5.56. The third-order valence-corrected chi connectivity index (χ3v) is 2.88. The second kappa shape index (κ2) is 5.58. The first kappa shape index (κ1) is 13.4. The van der Waals surface area contributed by atoms with Crippen molar-refractivity contribution >= 4 is 11.5 Å². The van der Waals surface area contributed by atoms with Gasteiger partial charge in [0.2, 0.25) is 0 Å². The van der Waals surface area contributed by atoms with Crippen LogP contribution in [0, 0.1) is 10.1 Å². The number of hydrogen-bond acceptors (Lipinski definition) is 5. The minimum absolute atomic E-state index is 0.220. The molecule has 1 aromatic rings. The van der Waals surface area contributed by atoms with Gasteiger partial charge in [0.05, 0.1) is 5.60 Å². The molecular formula is C11H17N3O3. The van der Waals surface area contributed by atoms with Crippen LogP contribution in [0.5, 0.6) is 0 Å². The molecule has 94 valence electrons. The van der Waals surface area contributed by atoms with Gasteiger partial charge in [-0.05, 0) is 34.9 Å². The molecule has 0 radical (unpaired) electrons. The lowest BCUT2D eigenvalue weighted by Gasteiger charge is -2.25. The predicted molar refractivity (Wildman–Crippen MR) is 64.9 cm³/mol. The maximum Gasteiger partial charge on any atom is 0.386 e. The molecule has 0 fully saturated rings. The largest absolute Gasteiger partial charge is 0.388 e. The lowest BCUT2D eigenvalue weighted by molar-refractivity contribution is -0.388. The van der Waals surface area contributed by atoms with Crippen molar-refractivity contribution in [2.24, 2.45) is 0 Å². The molecule has 0 aromatic carbocycles. The average Bonchev–Trinajstić information content (AvgIpc) is 2.36. The smallest absolute Gasteiger partial charge is 0.386 e. The van der Waals surface area contributed by atoms with Gasteiger partial charge in [-0.15, -0.1) is 0 Å². The minimum atomic E-state index is -0.844. The van der Waals surface area contributed by atoms with Gasteiger partial charge in [-0.3, -0.25) is 0 Å². The van der Waals surface area contributed by atoms with Crippen molar-refractivity contribution in [2.75, 3.05) is 11.9 Å². The Morgan fingerprint density at radius 3 is 2.71 bits per heavy atom. The summed E-state index contributed by atoms with van der Waals surface area (Å²) in [4.78, 5) is 13.9. The van der Waals surface area contributed by atoms with E-state index in [1.807, 2.05) is 13.8 Å². The fraction of sp³-hybridized carbons (Fsp3) is 0.545. The molecule has 0 aliphatic carbocycles. The molecule has 1 rings (SSSR count). The summed E-state index contributed by atoms with van der Waals surface area (Å²) in [7, 11) is 0. The summed E-state index contributed by atoms with van der Waals surface area (Å²) < 4.78 is 0. The molecule has 0 amide bonds. The van der Waals surface area contributed by atoms with Gasteiger partial charge in [0.15, 0.2) is 0 Å². The third-order valence-electron chi connectivity index (χ3n) is 2.88. The van der Waals surface area contributed by atoms with Crippen molar-refractivity contribution in [2.45, 2.75) is 32.3 Å². The summed E-state index contributed by atoms with van der Waals surface area (Å²) in [5.41, 5.74) is -0.512. The molecule has 0 saturated heterocycles. The Morgan fingerprint density at radius 1 is 1.53 bits per heavy atom. The second-order valence-corrected chi connectivity index (χ2v) is 3.92. The quantitative estimate of drug-likeness (QED) is 0.585. The first-order valence-corrected chi connectivity index (χ1v) is 5.58. The van der Waals surface area contributed by atoms with E-state index in [9.17, 15) is 15.2 Å². The van der Waals surface area contributed by atoms with Crippen LogP contribution < -0.4 is 5.32 Å². The van der Waals surface area contributed by atoms with Gasteiger partial charge in [-0.25, -0.2) is 0 Å². The Balaban J connectivity index is 2.79. The summed E-state index contributed by atoms with van der Waals surface area (Å²) in [6, 6.07) is 3.20. The Hall–Kier alpha value is -1.69. The Kier molecular flexibility index (Phi) is 4.39. The third kappa shape index (κ3) is 3.39. The van der Waals surface area contributed by atoms with E-state index < -0.39 is 10.5 Å².